The summed E-state index contributed by atoms with van der Waals surface area (Å²) in [6.07, 6.45) is 1.72. The lowest BCUT2D eigenvalue weighted by molar-refractivity contribution is -0.394. The topological polar surface area (TPSA) is 127 Å². The van der Waals surface area contributed by atoms with Crippen molar-refractivity contribution in [3.05, 3.63) is 44.0 Å². The quantitative estimate of drug-likeness (QED) is 0.629. The second-order valence-electron chi connectivity index (χ2n) is 4.77. The van der Waals surface area contributed by atoms with Gasteiger partial charge in [-0.2, -0.15) is 0 Å². The van der Waals surface area contributed by atoms with Gasteiger partial charge in [0, 0.05) is 24.7 Å². The van der Waals surface area contributed by atoms with Crippen LogP contribution < -0.4 is 10.6 Å². The van der Waals surface area contributed by atoms with Gasteiger partial charge in [0.25, 0.3) is 17.3 Å². The monoisotopic (exact) mass is 294 g/mol. The highest BCUT2D eigenvalue weighted by atomic mass is 16.6. The van der Waals surface area contributed by atoms with Crippen LogP contribution in [0.2, 0.25) is 0 Å². The lowest BCUT2D eigenvalue weighted by atomic mass is 10.1. The van der Waals surface area contributed by atoms with Gasteiger partial charge in [-0.3, -0.25) is 25.0 Å². The molecule has 2 rings (SSSR count). The van der Waals surface area contributed by atoms with Crippen molar-refractivity contribution < 1.29 is 14.6 Å². The number of non-ortho nitro benzene ring substituents is 2. The molecule has 1 amide bonds. The first-order valence-corrected chi connectivity index (χ1v) is 6.43. The minimum atomic E-state index is -0.758. The van der Waals surface area contributed by atoms with Crippen molar-refractivity contribution >= 4 is 17.3 Å². The van der Waals surface area contributed by atoms with Crippen molar-refractivity contribution in [1.82, 2.24) is 10.6 Å². The maximum absolute atomic E-state index is 12.1. The number of benzene rings is 1. The van der Waals surface area contributed by atoms with Gasteiger partial charge < -0.3 is 10.6 Å². The molecule has 1 fully saturated rings. The van der Waals surface area contributed by atoms with Gasteiger partial charge in [-0.1, -0.05) is 0 Å². The number of piperidine rings is 1. The Morgan fingerprint density at radius 3 is 2.29 bits per heavy atom. The Labute approximate surface area is 119 Å². The van der Waals surface area contributed by atoms with Crippen LogP contribution in [-0.4, -0.2) is 34.9 Å². The molecule has 0 spiro atoms. The summed E-state index contributed by atoms with van der Waals surface area (Å²) in [7, 11) is 0. The average Bonchev–Trinajstić information content (AvgIpc) is 2.47. The second kappa shape index (κ2) is 6.27. The van der Waals surface area contributed by atoms with Crippen molar-refractivity contribution in [2.45, 2.75) is 18.9 Å². The number of nitro groups is 2. The highest BCUT2D eigenvalue weighted by molar-refractivity contribution is 5.95. The molecule has 112 valence electrons. The van der Waals surface area contributed by atoms with E-state index >= 15 is 0 Å². The highest BCUT2D eigenvalue weighted by Gasteiger charge is 2.22. The zero-order valence-electron chi connectivity index (χ0n) is 11.1. The van der Waals surface area contributed by atoms with Crippen LogP contribution in [0.3, 0.4) is 0 Å². The van der Waals surface area contributed by atoms with Crippen LogP contribution in [0.4, 0.5) is 11.4 Å². The van der Waals surface area contributed by atoms with E-state index in [1.807, 2.05) is 0 Å². The molecular formula is C12H14N4O5. The molecule has 1 aromatic rings. The summed E-state index contributed by atoms with van der Waals surface area (Å²) in [6, 6.07) is 2.83. The molecule has 0 aliphatic carbocycles. The third-order valence-corrected chi connectivity index (χ3v) is 3.22. The van der Waals surface area contributed by atoms with Crippen LogP contribution in [0.5, 0.6) is 0 Å². The first-order chi connectivity index (χ1) is 9.97. The third-order valence-electron chi connectivity index (χ3n) is 3.22. The first-order valence-electron chi connectivity index (χ1n) is 6.43. The number of carbonyl (C=O) groups excluding carboxylic acids is 1. The number of nitrogens with zero attached hydrogens (tertiary/aromatic N) is 2. The third kappa shape index (κ3) is 3.72. The summed E-state index contributed by atoms with van der Waals surface area (Å²) >= 11 is 0. The Bertz CT molecular complexity index is 551. The van der Waals surface area contributed by atoms with Gasteiger partial charge >= 0.3 is 0 Å². The largest absolute Gasteiger partial charge is 0.348 e. The van der Waals surface area contributed by atoms with Gasteiger partial charge in [0.2, 0.25) is 0 Å². The number of hydrogen-bond acceptors (Lipinski definition) is 6. The molecule has 1 atom stereocenters. The Kier molecular flexibility index (Phi) is 4.43. The van der Waals surface area contributed by atoms with E-state index in [1.165, 1.54) is 0 Å². The summed E-state index contributed by atoms with van der Waals surface area (Å²) < 4.78 is 0. The van der Waals surface area contributed by atoms with Gasteiger partial charge in [0.1, 0.15) is 0 Å². The number of nitro benzene ring substituents is 2. The Balaban J connectivity index is 2.22. The molecule has 1 saturated heterocycles. The minimum absolute atomic E-state index is 0.0791. The zero-order chi connectivity index (χ0) is 15.4. The van der Waals surface area contributed by atoms with Gasteiger partial charge in [-0.15, -0.1) is 0 Å². The lowest BCUT2D eigenvalue weighted by Gasteiger charge is -2.23. The SMILES string of the molecule is O=C(NC1CCCNC1)c1cc([N+](=O)[O-])cc([N+](=O)[O-])c1. The van der Waals surface area contributed by atoms with Crippen LogP contribution in [0, 0.1) is 20.2 Å². The Morgan fingerprint density at radius 2 is 1.81 bits per heavy atom. The summed E-state index contributed by atoms with van der Waals surface area (Å²) in [5.74, 6) is -0.546. The first kappa shape index (κ1) is 14.9. The van der Waals surface area contributed by atoms with Gasteiger partial charge in [0.05, 0.1) is 21.5 Å². The number of rotatable bonds is 4. The van der Waals surface area contributed by atoms with Crippen molar-refractivity contribution in [2.24, 2.45) is 0 Å². The fourth-order valence-corrected chi connectivity index (χ4v) is 2.18. The van der Waals surface area contributed by atoms with Crippen LogP contribution in [-0.2, 0) is 0 Å². The molecule has 9 heteroatoms. The molecule has 1 aliphatic rings. The highest BCUT2D eigenvalue weighted by Crippen LogP contribution is 2.22. The molecule has 0 bridgehead atoms. The number of carbonyl (C=O) groups is 1. The molecule has 0 saturated carbocycles. The summed E-state index contributed by atoms with van der Waals surface area (Å²) in [4.78, 5) is 32.1. The van der Waals surface area contributed by atoms with Crippen LogP contribution in [0.1, 0.15) is 23.2 Å². The molecule has 1 heterocycles. The van der Waals surface area contributed by atoms with Crippen LogP contribution >= 0.6 is 0 Å². The van der Waals surface area contributed by atoms with Gasteiger partial charge in [-0.25, -0.2) is 0 Å². The fourth-order valence-electron chi connectivity index (χ4n) is 2.18. The summed E-state index contributed by atoms with van der Waals surface area (Å²) in [5.41, 5.74) is -1.03. The van der Waals surface area contributed by atoms with E-state index < -0.39 is 27.1 Å². The lowest BCUT2D eigenvalue weighted by Crippen LogP contribution is -2.45. The fraction of sp³-hybridized carbons (Fsp3) is 0.417. The normalized spacial score (nSPS) is 18.0. The van der Waals surface area contributed by atoms with E-state index in [9.17, 15) is 25.0 Å². The van der Waals surface area contributed by atoms with E-state index in [0.717, 1.165) is 37.6 Å². The molecule has 0 radical (unpaired) electrons. The molecule has 0 aromatic heterocycles. The number of nitrogens with one attached hydrogen (secondary N) is 2. The molecule has 2 N–H and O–H groups in total. The molecule has 1 aromatic carbocycles. The predicted octanol–water partition coefficient (Wildman–Crippen LogP) is 0.985. The smallest absolute Gasteiger partial charge is 0.277 e. The molecule has 9 nitrogen and oxygen atoms in total. The molecule has 1 aliphatic heterocycles. The maximum atomic E-state index is 12.1. The van der Waals surface area contributed by atoms with Gasteiger partial charge in [0.15, 0.2) is 0 Å². The maximum Gasteiger partial charge on any atom is 0.277 e. The zero-order valence-corrected chi connectivity index (χ0v) is 11.1. The van der Waals surface area contributed by atoms with Crippen molar-refractivity contribution in [3.8, 4) is 0 Å². The van der Waals surface area contributed by atoms with Crippen molar-refractivity contribution in [1.29, 1.82) is 0 Å². The molecular weight excluding hydrogens is 280 g/mol. The van der Waals surface area contributed by atoms with E-state index in [4.69, 9.17) is 0 Å². The van der Waals surface area contributed by atoms with E-state index in [1.54, 1.807) is 0 Å². The minimum Gasteiger partial charge on any atom is -0.348 e. The molecule has 21 heavy (non-hydrogen) atoms. The standard InChI is InChI=1S/C12H14N4O5/c17-12(14-9-2-1-3-13-7-9)8-4-10(15(18)19)6-11(5-8)16(20)21/h4-6,9,13H,1-3,7H2,(H,14,17). The van der Waals surface area contributed by atoms with Crippen molar-refractivity contribution in [3.63, 3.8) is 0 Å². The molecule has 1 unspecified atom stereocenters. The Morgan fingerprint density at radius 1 is 1.19 bits per heavy atom. The summed E-state index contributed by atoms with van der Waals surface area (Å²) in [5, 5.41) is 27.4. The second-order valence-corrected chi connectivity index (χ2v) is 4.77. The van der Waals surface area contributed by atoms with Crippen LogP contribution in [0.15, 0.2) is 18.2 Å². The Hall–Kier alpha value is -2.55. The van der Waals surface area contributed by atoms with Gasteiger partial charge in [-0.05, 0) is 19.4 Å². The van der Waals surface area contributed by atoms with E-state index in [0.29, 0.717) is 6.54 Å². The van der Waals surface area contributed by atoms with E-state index in [2.05, 4.69) is 10.6 Å². The van der Waals surface area contributed by atoms with Crippen molar-refractivity contribution in [2.75, 3.05) is 13.1 Å². The summed E-state index contributed by atoms with van der Waals surface area (Å²) in [6.45, 7) is 1.50. The average molecular weight is 294 g/mol. The number of amides is 1. The van der Waals surface area contributed by atoms with E-state index in [-0.39, 0.29) is 11.6 Å². The van der Waals surface area contributed by atoms with Crippen LogP contribution in [0.25, 0.3) is 0 Å². The predicted molar refractivity (Wildman–Crippen MR) is 73.1 cm³/mol. The number of hydrogen-bond donors (Lipinski definition) is 2.